The lowest BCUT2D eigenvalue weighted by atomic mass is 9.95. The lowest BCUT2D eigenvalue weighted by Crippen LogP contribution is -2.22. The van der Waals surface area contributed by atoms with Crippen molar-refractivity contribution in [1.29, 1.82) is 0 Å². The molecule has 0 aromatic carbocycles. The van der Waals surface area contributed by atoms with Crippen molar-refractivity contribution in [3.8, 4) is 0 Å². The topological polar surface area (TPSA) is 35.5 Å². The van der Waals surface area contributed by atoms with Crippen LogP contribution in [0.2, 0.25) is 0 Å². The molecule has 4 heteroatoms. The number of esters is 1. The van der Waals surface area contributed by atoms with Gasteiger partial charge in [0, 0.05) is 18.6 Å². The van der Waals surface area contributed by atoms with Gasteiger partial charge in [-0.15, -0.1) is 0 Å². The van der Waals surface area contributed by atoms with Gasteiger partial charge >= 0.3 is 5.97 Å². The van der Waals surface area contributed by atoms with E-state index in [4.69, 9.17) is 9.47 Å². The Kier molecular flexibility index (Phi) is 11.1. The summed E-state index contributed by atoms with van der Waals surface area (Å²) in [5.41, 5.74) is -0.0267. The van der Waals surface area contributed by atoms with Gasteiger partial charge in [-0.2, -0.15) is 0 Å². The molecular formula is C17H28O3S. The van der Waals surface area contributed by atoms with E-state index in [9.17, 15) is 4.79 Å². The van der Waals surface area contributed by atoms with E-state index in [1.165, 1.54) is 17.9 Å². The molecule has 0 fully saturated rings. The zero-order chi connectivity index (χ0) is 16.1. The first-order valence-electron chi connectivity index (χ1n) is 7.40. The average molecular weight is 312 g/mol. The molecule has 3 nitrogen and oxygen atoms in total. The second-order valence-corrected chi connectivity index (χ2v) is 6.11. The summed E-state index contributed by atoms with van der Waals surface area (Å²) in [5.74, 6) is 0.264. The lowest BCUT2D eigenvalue weighted by Gasteiger charge is -2.23. The molecule has 0 aliphatic carbocycles. The van der Waals surface area contributed by atoms with Crippen molar-refractivity contribution >= 4 is 23.6 Å². The molecule has 1 atom stereocenters. The van der Waals surface area contributed by atoms with E-state index in [0.29, 0.717) is 5.92 Å². The second kappa shape index (κ2) is 11.6. The van der Waals surface area contributed by atoms with Crippen LogP contribution in [0.3, 0.4) is 0 Å². The molecular weight excluding hydrogens is 284 g/mol. The normalized spacial score (nSPS) is 13.7. The third-order valence-corrected chi connectivity index (χ3v) is 3.48. The molecule has 0 radical (unpaired) electrons. The Morgan fingerprint density at radius 1 is 1.33 bits per heavy atom. The van der Waals surface area contributed by atoms with Gasteiger partial charge in [-0.05, 0) is 32.6 Å². The molecule has 120 valence electrons. The Morgan fingerprint density at radius 3 is 2.67 bits per heavy atom. The molecule has 0 N–H and O–H groups in total. The molecule has 0 bridgehead atoms. The maximum atomic E-state index is 11.1. The number of ether oxygens (including phenoxy) is 2. The molecule has 0 spiro atoms. The van der Waals surface area contributed by atoms with Crippen LogP contribution in [-0.4, -0.2) is 30.7 Å². The van der Waals surface area contributed by atoms with Crippen molar-refractivity contribution in [3.05, 3.63) is 24.3 Å². The quantitative estimate of drug-likeness (QED) is 0.247. The van der Waals surface area contributed by atoms with Gasteiger partial charge in [-0.25, -0.2) is 4.79 Å². The molecule has 0 heterocycles. The van der Waals surface area contributed by atoms with Crippen LogP contribution in [-0.2, 0) is 14.3 Å². The first-order chi connectivity index (χ1) is 9.91. The number of thiocarbonyl (C=S) groups is 1. The molecule has 0 aromatic rings. The van der Waals surface area contributed by atoms with Gasteiger partial charge in [0.2, 0.25) is 0 Å². The monoisotopic (exact) mass is 312 g/mol. The summed E-state index contributed by atoms with van der Waals surface area (Å²) >= 11 is 4.57. The highest BCUT2D eigenvalue weighted by molar-refractivity contribution is 7.79. The number of allylic oxidation sites excluding steroid dienone is 3. The van der Waals surface area contributed by atoms with Crippen LogP contribution in [0.15, 0.2) is 24.3 Å². The predicted molar refractivity (Wildman–Crippen MR) is 91.6 cm³/mol. The first kappa shape index (κ1) is 20.0. The number of hydrogen-bond donors (Lipinski definition) is 0. The molecule has 0 saturated heterocycles. The van der Waals surface area contributed by atoms with Crippen LogP contribution in [0, 0.1) is 5.92 Å². The van der Waals surface area contributed by atoms with Crippen molar-refractivity contribution in [3.63, 3.8) is 0 Å². The highest BCUT2D eigenvalue weighted by Crippen LogP contribution is 2.20. The van der Waals surface area contributed by atoms with E-state index in [0.717, 1.165) is 19.3 Å². The van der Waals surface area contributed by atoms with Crippen molar-refractivity contribution in [2.45, 2.75) is 52.1 Å². The van der Waals surface area contributed by atoms with E-state index >= 15 is 0 Å². The summed E-state index contributed by atoms with van der Waals surface area (Å²) in [5, 5.41) is 1.38. The molecule has 21 heavy (non-hydrogen) atoms. The van der Waals surface area contributed by atoms with Crippen molar-refractivity contribution < 1.29 is 14.3 Å². The van der Waals surface area contributed by atoms with Crippen molar-refractivity contribution in [2.24, 2.45) is 5.92 Å². The van der Waals surface area contributed by atoms with E-state index in [1.807, 2.05) is 6.08 Å². The van der Waals surface area contributed by atoms with E-state index < -0.39 is 0 Å². The van der Waals surface area contributed by atoms with Gasteiger partial charge < -0.3 is 9.47 Å². The molecule has 0 amide bonds. The molecule has 0 aromatic heterocycles. The van der Waals surface area contributed by atoms with E-state index in [-0.39, 0.29) is 18.2 Å². The van der Waals surface area contributed by atoms with Gasteiger partial charge in [-0.1, -0.05) is 50.2 Å². The minimum Gasteiger partial charge on any atom is -0.457 e. The molecule has 0 saturated carbocycles. The maximum Gasteiger partial charge on any atom is 0.331 e. The Bertz CT molecular complexity index is 359. The summed E-state index contributed by atoms with van der Waals surface area (Å²) in [7, 11) is 1.76. The van der Waals surface area contributed by atoms with Gasteiger partial charge in [0.15, 0.2) is 0 Å². The standard InChI is InChI=1S/C17H28O3S/c1-15(10-8-12-17(2,3)19-4)9-6-5-7-11-16(18)20-13-14-21/h5-7,11,14-15H,8-10,12-13H2,1-4H3. The fraction of sp³-hybridized carbons (Fsp3) is 0.647. The van der Waals surface area contributed by atoms with Crippen LogP contribution in [0.4, 0.5) is 0 Å². The second-order valence-electron chi connectivity index (χ2n) is 5.78. The largest absolute Gasteiger partial charge is 0.457 e. The first-order valence-corrected chi connectivity index (χ1v) is 7.87. The molecule has 0 aliphatic rings. The minimum atomic E-state index is -0.365. The predicted octanol–water partition coefficient (Wildman–Crippen LogP) is 4.26. The Morgan fingerprint density at radius 2 is 2.05 bits per heavy atom. The van der Waals surface area contributed by atoms with Gasteiger partial charge in [-0.3, -0.25) is 0 Å². The van der Waals surface area contributed by atoms with Crippen LogP contribution >= 0.6 is 12.2 Å². The third kappa shape index (κ3) is 12.5. The molecule has 1 unspecified atom stereocenters. The zero-order valence-corrected chi connectivity index (χ0v) is 14.4. The van der Waals surface area contributed by atoms with Crippen molar-refractivity contribution in [2.75, 3.05) is 13.7 Å². The Hall–Kier alpha value is -1.00. The summed E-state index contributed by atoms with van der Waals surface area (Å²) < 4.78 is 10.2. The molecule has 0 aliphatic heterocycles. The number of carbonyl (C=O) groups is 1. The number of rotatable bonds is 11. The SMILES string of the molecule is COC(C)(C)CCCC(C)CC=CC=CC(=O)OCC=S. The number of hydrogen-bond acceptors (Lipinski definition) is 4. The third-order valence-electron chi connectivity index (χ3n) is 3.34. The Balaban J connectivity index is 3.80. The Labute approximate surface area is 134 Å². The fourth-order valence-electron chi connectivity index (χ4n) is 1.78. The van der Waals surface area contributed by atoms with Crippen molar-refractivity contribution in [1.82, 2.24) is 0 Å². The van der Waals surface area contributed by atoms with Gasteiger partial charge in [0.25, 0.3) is 0 Å². The summed E-state index contributed by atoms with van der Waals surface area (Å²) in [4.78, 5) is 11.1. The zero-order valence-electron chi connectivity index (χ0n) is 13.6. The molecule has 0 rings (SSSR count). The summed E-state index contributed by atoms with van der Waals surface area (Å²) in [6, 6.07) is 0. The van der Waals surface area contributed by atoms with Gasteiger partial charge in [0.05, 0.1) is 5.60 Å². The van der Waals surface area contributed by atoms with Gasteiger partial charge in [0.1, 0.15) is 6.61 Å². The average Bonchev–Trinajstić information content (AvgIpc) is 2.44. The lowest BCUT2D eigenvalue weighted by molar-refractivity contribution is -0.135. The number of carbonyl (C=O) groups excluding carboxylic acids is 1. The minimum absolute atomic E-state index is 0.0267. The van der Waals surface area contributed by atoms with E-state index in [1.54, 1.807) is 13.2 Å². The number of methoxy groups -OCH3 is 1. The maximum absolute atomic E-state index is 11.1. The highest BCUT2D eigenvalue weighted by Gasteiger charge is 2.15. The summed E-state index contributed by atoms with van der Waals surface area (Å²) in [6.07, 6.45) is 11.5. The van der Waals surface area contributed by atoms with Crippen LogP contribution in [0.5, 0.6) is 0 Å². The summed E-state index contributed by atoms with van der Waals surface area (Å²) in [6.45, 7) is 6.65. The smallest absolute Gasteiger partial charge is 0.331 e. The van der Waals surface area contributed by atoms with Crippen LogP contribution in [0.1, 0.15) is 46.5 Å². The van der Waals surface area contributed by atoms with E-state index in [2.05, 4.69) is 39.1 Å². The van der Waals surface area contributed by atoms with Crippen LogP contribution in [0.25, 0.3) is 0 Å². The fourth-order valence-corrected chi connectivity index (χ4v) is 1.85. The highest BCUT2D eigenvalue weighted by atomic mass is 32.1. The van der Waals surface area contributed by atoms with Crippen LogP contribution < -0.4 is 0 Å².